The van der Waals surface area contributed by atoms with Crippen LogP contribution in [0, 0.1) is 3.57 Å². The zero-order valence-electron chi connectivity index (χ0n) is 9.44. The first-order valence-corrected chi connectivity index (χ1v) is 6.37. The number of nitrogen functional groups attached to an aromatic ring is 1. The quantitative estimate of drug-likeness (QED) is 0.481. The highest BCUT2D eigenvalue weighted by Crippen LogP contribution is 2.29. The Hall–Kier alpha value is -2.10. The summed E-state index contributed by atoms with van der Waals surface area (Å²) in [5.74, 6) is 0.445. The topological polar surface area (TPSA) is 121 Å². The Morgan fingerprint density at radius 1 is 1.26 bits per heavy atom. The summed E-state index contributed by atoms with van der Waals surface area (Å²) < 4.78 is 0.937. The van der Waals surface area contributed by atoms with Gasteiger partial charge in [-0.05, 0) is 40.8 Å². The summed E-state index contributed by atoms with van der Waals surface area (Å²) in [6, 6.07) is 5.09. The van der Waals surface area contributed by atoms with Gasteiger partial charge in [0.25, 0.3) is 5.56 Å². The van der Waals surface area contributed by atoms with Gasteiger partial charge in [0, 0.05) is 3.57 Å². The second kappa shape index (κ2) is 4.23. The third-order valence-electron chi connectivity index (χ3n) is 2.59. The van der Waals surface area contributed by atoms with E-state index in [0.29, 0.717) is 11.4 Å². The second-order valence-electron chi connectivity index (χ2n) is 3.90. The number of halogens is 1. The minimum atomic E-state index is -0.397. The molecule has 3 rings (SSSR count). The monoisotopic (exact) mass is 369 g/mol. The number of anilines is 1. The summed E-state index contributed by atoms with van der Waals surface area (Å²) in [5, 5.41) is 9.84. The molecule has 0 spiro atoms. The van der Waals surface area contributed by atoms with Gasteiger partial charge in [0.15, 0.2) is 11.2 Å². The van der Waals surface area contributed by atoms with E-state index in [9.17, 15) is 9.90 Å². The standard InChI is InChI=1S/C11H8IN5O2/c12-4-1-2-6(18)5(3-4)8-14-7-9(15-8)16-11(13)17-10(7)19/h1-3,18H,(H4,13,14,15,16,17,19). The molecule has 2 heterocycles. The van der Waals surface area contributed by atoms with Crippen LogP contribution in [-0.4, -0.2) is 25.0 Å². The maximum Gasteiger partial charge on any atom is 0.278 e. The fraction of sp³-hybridized carbons (Fsp3) is 0. The van der Waals surface area contributed by atoms with E-state index in [-0.39, 0.29) is 22.9 Å². The van der Waals surface area contributed by atoms with Crippen molar-refractivity contribution in [2.45, 2.75) is 0 Å². The Balaban J connectivity index is 2.29. The van der Waals surface area contributed by atoms with Crippen LogP contribution in [0.1, 0.15) is 0 Å². The number of nitrogens with two attached hydrogens (primary N) is 1. The van der Waals surface area contributed by atoms with E-state index in [1.54, 1.807) is 18.2 Å². The van der Waals surface area contributed by atoms with Gasteiger partial charge in [-0.3, -0.25) is 9.78 Å². The number of aromatic nitrogens is 4. The van der Waals surface area contributed by atoms with Crippen LogP contribution in [0.2, 0.25) is 0 Å². The highest BCUT2D eigenvalue weighted by Gasteiger charge is 2.13. The number of nitrogens with zero attached hydrogens (tertiary/aromatic N) is 2. The van der Waals surface area contributed by atoms with Crippen molar-refractivity contribution in [3.63, 3.8) is 0 Å². The number of H-pyrrole nitrogens is 2. The number of imidazole rings is 1. The SMILES string of the molecule is Nc1nc2nc(-c3cc(I)ccc3O)[nH]c2c(=O)[nH]1. The molecule has 0 saturated heterocycles. The number of benzene rings is 1. The number of aromatic amines is 2. The Morgan fingerprint density at radius 3 is 2.84 bits per heavy atom. The molecule has 0 radical (unpaired) electrons. The normalized spacial score (nSPS) is 11.0. The maximum atomic E-state index is 11.7. The van der Waals surface area contributed by atoms with Gasteiger partial charge in [-0.1, -0.05) is 0 Å². The van der Waals surface area contributed by atoms with Crippen molar-refractivity contribution in [2.24, 2.45) is 0 Å². The largest absolute Gasteiger partial charge is 0.507 e. The van der Waals surface area contributed by atoms with Gasteiger partial charge in [0.2, 0.25) is 5.95 Å². The summed E-state index contributed by atoms with van der Waals surface area (Å²) >= 11 is 2.12. The van der Waals surface area contributed by atoms with Crippen LogP contribution >= 0.6 is 22.6 Å². The number of phenolic OH excluding ortho intramolecular Hbond substituents is 1. The lowest BCUT2D eigenvalue weighted by atomic mass is 10.2. The van der Waals surface area contributed by atoms with Gasteiger partial charge in [0.05, 0.1) is 5.56 Å². The van der Waals surface area contributed by atoms with Crippen molar-refractivity contribution in [3.05, 3.63) is 32.1 Å². The van der Waals surface area contributed by atoms with E-state index < -0.39 is 5.56 Å². The van der Waals surface area contributed by atoms with Gasteiger partial charge < -0.3 is 15.8 Å². The predicted octanol–water partition coefficient (Wildman–Crippen LogP) is 1.21. The number of fused-ring (bicyclic) bond motifs is 1. The third kappa shape index (κ3) is 2.03. The molecule has 1 aromatic carbocycles. The molecule has 96 valence electrons. The Bertz CT molecular complexity index is 839. The van der Waals surface area contributed by atoms with E-state index in [2.05, 4.69) is 42.5 Å². The van der Waals surface area contributed by atoms with Gasteiger partial charge in [-0.2, -0.15) is 4.98 Å². The van der Waals surface area contributed by atoms with Crippen molar-refractivity contribution in [3.8, 4) is 17.1 Å². The Labute approximate surface area is 120 Å². The van der Waals surface area contributed by atoms with Crippen molar-refractivity contribution in [1.29, 1.82) is 0 Å². The number of hydrogen-bond donors (Lipinski definition) is 4. The van der Waals surface area contributed by atoms with Crippen molar-refractivity contribution < 1.29 is 5.11 Å². The van der Waals surface area contributed by atoms with E-state index in [0.717, 1.165) is 3.57 Å². The summed E-state index contributed by atoms with van der Waals surface area (Å²) in [4.78, 5) is 25.0. The van der Waals surface area contributed by atoms with Gasteiger partial charge in [0.1, 0.15) is 11.6 Å². The molecule has 0 aliphatic carbocycles. The molecule has 0 atom stereocenters. The van der Waals surface area contributed by atoms with E-state index >= 15 is 0 Å². The molecule has 3 aromatic rings. The van der Waals surface area contributed by atoms with Crippen LogP contribution in [0.15, 0.2) is 23.0 Å². The zero-order chi connectivity index (χ0) is 13.6. The molecular formula is C11H8IN5O2. The molecule has 5 N–H and O–H groups in total. The lowest BCUT2D eigenvalue weighted by Gasteiger charge is -2.00. The van der Waals surface area contributed by atoms with Crippen molar-refractivity contribution in [2.75, 3.05) is 5.73 Å². The molecule has 0 amide bonds. The van der Waals surface area contributed by atoms with Crippen molar-refractivity contribution >= 4 is 39.7 Å². The Kier molecular flexibility index (Phi) is 2.66. The molecule has 0 fully saturated rings. The summed E-state index contributed by atoms with van der Waals surface area (Å²) in [6.45, 7) is 0. The fourth-order valence-corrected chi connectivity index (χ4v) is 2.24. The van der Waals surface area contributed by atoms with E-state index in [4.69, 9.17) is 5.73 Å². The molecule has 0 unspecified atom stereocenters. The second-order valence-corrected chi connectivity index (χ2v) is 5.14. The minimum Gasteiger partial charge on any atom is -0.507 e. The first kappa shape index (κ1) is 12.0. The minimum absolute atomic E-state index is 0.00224. The highest BCUT2D eigenvalue weighted by atomic mass is 127. The molecule has 2 aromatic heterocycles. The molecule has 0 aliphatic heterocycles. The predicted molar refractivity (Wildman–Crippen MR) is 78.7 cm³/mol. The number of aromatic hydroxyl groups is 1. The molecule has 0 saturated carbocycles. The van der Waals surface area contributed by atoms with Crippen molar-refractivity contribution in [1.82, 2.24) is 19.9 Å². The number of phenols is 1. The van der Waals surface area contributed by atoms with Crippen LogP contribution in [0.4, 0.5) is 5.95 Å². The third-order valence-corrected chi connectivity index (χ3v) is 3.26. The fourth-order valence-electron chi connectivity index (χ4n) is 1.75. The van der Waals surface area contributed by atoms with E-state index in [1.165, 1.54) is 0 Å². The smallest absolute Gasteiger partial charge is 0.278 e. The molecular weight excluding hydrogens is 361 g/mol. The van der Waals surface area contributed by atoms with Crippen LogP contribution in [-0.2, 0) is 0 Å². The average Bonchev–Trinajstić information content (AvgIpc) is 2.76. The number of nitrogens with one attached hydrogen (secondary N) is 2. The molecule has 0 bridgehead atoms. The molecule has 7 nitrogen and oxygen atoms in total. The first-order chi connectivity index (χ1) is 9.04. The Morgan fingerprint density at radius 2 is 2.05 bits per heavy atom. The lowest BCUT2D eigenvalue weighted by molar-refractivity contribution is 0.477. The van der Waals surface area contributed by atoms with Gasteiger partial charge in [-0.15, -0.1) is 0 Å². The molecule has 8 heteroatoms. The number of rotatable bonds is 1. The average molecular weight is 369 g/mol. The maximum absolute atomic E-state index is 11.7. The van der Waals surface area contributed by atoms with Gasteiger partial charge >= 0.3 is 0 Å². The lowest BCUT2D eigenvalue weighted by Crippen LogP contribution is -2.10. The van der Waals surface area contributed by atoms with E-state index in [1.807, 2.05) is 0 Å². The van der Waals surface area contributed by atoms with Crippen LogP contribution in [0.3, 0.4) is 0 Å². The first-order valence-electron chi connectivity index (χ1n) is 5.29. The molecule has 19 heavy (non-hydrogen) atoms. The van der Waals surface area contributed by atoms with Gasteiger partial charge in [-0.25, -0.2) is 4.98 Å². The van der Waals surface area contributed by atoms with Crippen LogP contribution in [0.25, 0.3) is 22.6 Å². The summed E-state index contributed by atoms with van der Waals surface area (Å²) in [5.41, 5.74) is 6.00. The zero-order valence-corrected chi connectivity index (χ0v) is 11.6. The summed E-state index contributed by atoms with van der Waals surface area (Å²) in [6.07, 6.45) is 0. The summed E-state index contributed by atoms with van der Waals surface area (Å²) in [7, 11) is 0. The number of hydrogen-bond acceptors (Lipinski definition) is 5. The van der Waals surface area contributed by atoms with Crippen LogP contribution < -0.4 is 11.3 Å². The molecule has 0 aliphatic rings. The highest BCUT2D eigenvalue weighted by molar-refractivity contribution is 14.1. The van der Waals surface area contributed by atoms with Crippen LogP contribution in [0.5, 0.6) is 5.75 Å².